The molecule has 32 heavy (non-hydrogen) atoms. The summed E-state index contributed by atoms with van der Waals surface area (Å²) in [6, 6.07) is 5.87. The number of anilines is 2. The number of thioether (sulfide) groups is 1. The van der Waals surface area contributed by atoms with Crippen LogP contribution in [0.2, 0.25) is 0 Å². The lowest BCUT2D eigenvalue weighted by Crippen LogP contribution is -2.50. The number of halogens is 1. The summed E-state index contributed by atoms with van der Waals surface area (Å²) in [4.78, 5) is 31.4. The Morgan fingerprint density at radius 1 is 1.16 bits per heavy atom. The Bertz CT molecular complexity index is 1400. The molecule has 2 N–H and O–H groups in total. The van der Waals surface area contributed by atoms with E-state index >= 15 is 0 Å². The van der Waals surface area contributed by atoms with Crippen molar-refractivity contribution in [3.63, 3.8) is 0 Å². The highest BCUT2D eigenvalue weighted by Crippen LogP contribution is 2.53. The molecule has 6 rings (SSSR count). The first-order valence-electron chi connectivity index (χ1n) is 10.2. The highest BCUT2D eigenvalue weighted by molar-refractivity contribution is 7.99. The molecule has 160 valence electrons. The predicted octanol–water partition coefficient (Wildman–Crippen LogP) is 3.69. The molecule has 0 bridgehead atoms. The summed E-state index contributed by atoms with van der Waals surface area (Å²) < 4.78 is 15.3. The SMILES string of the molecule is CC(C)CSc1nc(-c2nc3c4c(n2)NC4(c2ccc(F)cc2)C(=O)N3)cn2ccnc12. The van der Waals surface area contributed by atoms with Crippen molar-refractivity contribution in [1.29, 1.82) is 0 Å². The van der Waals surface area contributed by atoms with Gasteiger partial charge in [0.05, 0.1) is 5.56 Å². The quantitative estimate of drug-likeness (QED) is 0.450. The van der Waals surface area contributed by atoms with Gasteiger partial charge in [-0.2, -0.15) is 0 Å². The zero-order chi connectivity index (χ0) is 22.0. The first kappa shape index (κ1) is 19.2. The van der Waals surface area contributed by atoms with E-state index in [1.54, 1.807) is 30.1 Å². The van der Waals surface area contributed by atoms with Crippen molar-refractivity contribution in [1.82, 2.24) is 24.3 Å². The fraction of sp³-hybridized carbons (Fsp3) is 0.227. The summed E-state index contributed by atoms with van der Waals surface area (Å²) in [7, 11) is 0. The lowest BCUT2D eigenvalue weighted by molar-refractivity contribution is -0.119. The zero-order valence-electron chi connectivity index (χ0n) is 17.3. The highest BCUT2D eigenvalue weighted by Gasteiger charge is 2.58. The van der Waals surface area contributed by atoms with Gasteiger partial charge in [0.1, 0.15) is 28.2 Å². The molecule has 2 aliphatic heterocycles. The standard InChI is InChI=1S/C22H18FN7OS/c1-11(2)10-32-20-19-24-7-8-30(19)9-14(25-20)16-26-17-15-18(27-16)29-22(15,21(31)28-17)12-3-5-13(23)6-4-12/h3-9,11H,10H2,1-2H3,(H2,26,27,28,29,31). The van der Waals surface area contributed by atoms with Crippen molar-refractivity contribution in [3.05, 3.63) is 59.8 Å². The average molecular weight is 447 g/mol. The van der Waals surface area contributed by atoms with E-state index in [-0.39, 0.29) is 11.7 Å². The second-order valence-electron chi connectivity index (χ2n) is 8.25. The van der Waals surface area contributed by atoms with E-state index in [0.717, 1.165) is 16.4 Å². The van der Waals surface area contributed by atoms with Gasteiger partial charge in [-0.15, -0.1) is 11.8 Å². The van der Waals surface area contributed by atoms with Crippen molar-refractivity contribution < 1.29 is 9.18 Å². The Labute approximate surface area is 186 Å². The van der Waals surface area contributed by atoms with Crippen LogP contribution in [0.25, 0.3) is 17.2 Å². The van der Waals surface area contributed by atoms with Crippen molar-refractivity contribution in [2.24, 2.45) is 5.92 Å². The minimum Gasteiger partial charge on any atom is -0.348 e. The van der Waals surface area contributed by atoms with Crippen molar-refractivity contribution in [2.75, 3.05) is 16.4 Å². The Hall–Kier alpha value is -3.53. The first-order chi connectivity index (χ1) is 15.5. The molecule has 0 saturated heterocycles. The van der Waals surface area contributed by atoms with Gasteiger partial charge >= 0.3 is 0 Å². The third-order valence-electron chi connectivity index (χ3n) is 5.57. The molecule has 1 unspecified atom stereocenters. The molecule has 1 atom stereocenters. The lowest BCUT2D eigenvalue weighted by Gasteiger charge is -2.38. The summed E-state index contributed by atoms with van der Waals surface area (Å²) in [5.41, 5.74) is 1.61. The summed E-state index contributed by atoms with van der Waals surface area (Å²) in [6.07, 6.45) is 5.43. The maximum Gasteiger partial charge on any atom is 0.260 e. The smallest absolute Gasteiger partial charge is 0.260 e. The van der Waals surface area contributed by atoms with Crippen LogP contribution in [0.15, 0.2) is 47.9 Å². The van der Waals surface area contributed by atoms with Crippen LogP contribution in [0, 0.1) is 11.7 Å². The summed E-state index contributed by atoms with van der Waals surface area (Å²) in [5, 5.41) is 6.84. The van der Waals surface area contributed by atoms with Crippen LogP contribution in [0.4, 0.5) is 16.0 Å². The fourth-order valence-corrected chi connectivity index (χ4v) is 5.00. The second kappa shape index (κ2) is 6.73. The maximum atomic E-state index is 13.4. The van der Waals surface area contributed by atoms with Gasteiger partial charge in [0.25, 0.3) is 5.91 Å². The number of fused-ring (bicyclic) bond motifs is 1. The minimum absolute atomic E-state index is 0.260. The van der Waals surface area contributed by atoms with Gasteiger partial charge in [-0.25, -0.2) is 24.3 Å². The molecule has 0 aliphatic carbocycles. The van der Waals surface area contributed by atoms with Crippen molar-refractivity contribution in [2.45, 2.75) is 24.4 Å². The number of rotatable bonds is 5. The van der Waals surface area contributed by atoms with Gasteiger partial charge in [0.2, 0.25) is 0 Å². The Morgan fingerprint density at radius 2 is 1.94 bits per heavy atom. The number of benzene rings is 1. The second-order valence-corrected chi connectivity index (χ2v) is 9.26. The largest absolute Gasteiger partial charge is 0.348 e. The van der Waals surface area contributed by atoms with E-state index in [1.165, 1.54) is 12.1 Å². The normalized spacial score (nSPS) is 18.4. The number of hydrogen-bond acceptors (Lipinski definition) is 7. The molecule has 1 aromatic carbocycles. The number of hydrogen-bond donors (Lipinski definition) is 2. The van der Waals surface area contributed by atoms with E-state index in [9.17, 15) is 9.18 Å². The van der Waals surface area contributed by atoms with Crippen LogP contribution in [0.3, 0.4) is 0 Å². The summed E-state index contributed by atoms with van der Waals surface area (Å²) >= 11 is 1.64. The molecule has 3 aromatic heterocycles. The molecular formula is C22H18FN7OS. The number of aromatic nitrogens is 5. The molecule has 5 heterocycles. The monoisotopic (exact) mass is 447 g/mol. The molecule has 8 nitrogen and oxygen atoms in total. The van der Waals surface area contributed by atoms with Crippen LogP contribution in [-0.4, -0.2) is 36.0 Å². The van der Waals surface area contributed by atoms with Gasteiger partial charge in [-0.05, 0) is 23.6 Å². The van der Waals surface area contributed by atoms with Gasteiger partial charge in [0.15, 0.2) is 17.0 Å². The topological polar surface area (TPSA) is 97.1 Å². The van der Waals surface area contributed by atoms with Crippen molar-refractivity contribution in [3.8, 4) is 11.5 Å². The number of amides is 1. The highest BCUT2D eigenvalue weighted by atomic mass is 32.2. The molecule has 4 aromatic rings. The molecular weight excluding hydrogens is 429 g/mol. The van der Waals surface area contributed by atoms with Crippen molar-refractivity contribution >= 4 is 35.0 Å². The third kappa shape index (κ3) is 2.65. The van der Waals surface area contributed by atoms with Gasteiger partial charge in [-0.1, -0.05) is 26.0 Å². The lowest BCUT2D eigenvalue weighted by atomic mass is 9.79. The minimum atomic E-state index is -1.09. The predicted molar refractivity (Wildman–Crippen MR) is 119 cm³/mol. The molecule has 1 amide bonds. The van der Waals surface area contributed by atoms with Gasteiger partial charge in [0, 0.05) is 24.3 Å². The molecule has 10 heteroatoms. The molecule has 0 radical (unpaired) electrons. The fourth-order valence-electron chi connectivity index (χ4n) is 4.06. The average Bonchev–Trinajstić information content (AvgIpc) is 3.32. The Kier molecular flexibility index (Phi) is 4.03. The van der Waals surface area contributed by atoms with Crippen LogP contribution in [0.5, 0.6) is 0 Å². The summed E-state index contributed by atoms with van der Waals surface area (Å²) in [5.74, 6) is 2.22. The van der Waals surface area contributed by atoms with E-state index in [2.05, 4.69) is 39.4 Å². The number of nitrogens with one attached hydrogen (secondary N) is 2. The third-order valence-corrected chi connectivity index (χ3v) is 6.95. The van der Waals surface area contributed by atoms with Gasteiger partial charge in [-0.3, -0.25) is 4.79 Å². The molecule has 2 aliphatic rings. The van der Waals surface area contributed by atoms with Crippen LogP contribution >= 0.6 is 11.8 Å². The first-order valence-corrected chi connectivity index (χ1v) is 11.2. The van der Waals surface area contributed by atoms with E-state index < -0.39 is 5.54 Å². The van der Waals surface area contributed by atoms with E-state index in [0.29, 0.717) is 40.2 Å². The molecule has 0 fully saturated rings. The molecule has 0 saturated carbocycles. The van der Waals surface area contributed by atoms with E-state index in [4.69, 9.17) is 4.98 Å². The van der Waals surface area contributed by atoms with Crippen LogP contribution in [-0.2, 0) is 10.3 Å². The Morgan fingerprint density at radius 3 is 2.72 bits per heavy atom. The maximum absolute atomic E-state index is 13.4. The summed E-state index contributed by atoms with van der Waals surface area (Å²) in [6.45, 7) is 4.31. The number of nitrogens with zero attached hydrogens (tertiary/aromatic N) is 5. The van der Waals surface area contributed by atoms with Crippen LogP contribution < -0.4 is 10.6 Å². The zero-order valence-corrected chi connectivity index (χ0v) is 18.1. The van der Waals surface area contributed by atoms with Gasteiger partial charge < -0.3 is 15.0 Å². The molecule has 0 spiro atoms. The Balaban J connectivity index is 1.44. The number of carbonyl (C=O) groups is 1. The van der Waals surface area contributed by atoms with Crippen LogP contribution in [0.1, 0.15) is 25.0 Å². The number of carbonyl (C=O) groups excluding carboxylic acids is 1. The van der Waals surface area contributed by atoms with E-state index in [1.807, 2.05) is 16.8 Å². The number of imidazole rings is 1.